The van der Waals surface area contributed by atoms with Crippen molar-refractivity contribution in [2.24, 2.45) is 0 Å². The van der Waals surface area contributed by atoms with Crippen LogP contribution < -0.4 is 5.32 Å². The number of aromatic nitrogens is 2. The van der Waals surface area contributed by atoms with Crippen molar-refractivity contribution in [3.8, 4) is 0 Å². The number of urea groups is 1. The topological polar surface area (TPSA) is 80.5 Å². The summed E-state index contributed by atoms with van der Waals surface area (Å²) in [5.41, 5.74) is 0.885. The summed E-state index contributed by atoms with van der Waals surface area (Å²) in [5, 5.41) is 7.47. The van der Waals surface area contributed by atoms with Gasteiger partial charge in [-0.3, -0.25) is 0 Å². The highest BCUT2D eigenvalue weighted by Gasteiger charge is 2.26. The van der Waals surface area contributed by atoms with E-state index in [1.807, 2.05) is 6.07 Å². The summed E-state index contributed by atoms with van der Waals surface area (Å²) in [4.78, 5) is 18.0. The van der Waals surface area contributed by atoms with Crippen molar-refractivity contribution in [2.45, 2.75) is 19.6 Å². The molecule has 0 saturated carbocycles. The van der Waals surface area contributed by atoms with E-state index in [9.17, 15) is 4.79 Å². The van der Waals surface area contributed by atoms with Crippen molar-refractivity contribution < 1.29 is 14.1 Å². The first-order valence-corrected chi connectivity index (χ1v) is 8.17. The summed E-state index contributed by atoms with van der Waals surface area (Å²) in [6.07, 6.45) is -0.244. The smallest absolute Gasteiger partial charge is 0.317 e. The van der Waals surface area contributed by atoms with Crippen LogP contribution in [0, 0.1) is 6.92 Å². The van der Waals surface area contributed by atoms with E-state index in [2.05, 4.69) is 15.5 Å². The number of morpholine rings is 1. The molecule has 2 heterocycles. The lowest BCUT2D eigenvalue weighted by molar-refractivity contribution is -0.0155. The van der Waals surface area contributed by atoms with Gasteiger partial charge in [0.05, 0.1) is 29.7 Å². The lowest BCUT2D eigenvalue weighted by Crippen LogP contribution is -2.47. The molecule has 1 aromatic heterocycles. The number of hydrogen-bond acceptors (Lipinski definition) is 5. The van der Waals surface area contributed by atoms with E-state index in [1.54, 1.807) is 24.0 Å². The minimum atomic E-state index is -0.244. The molecule has 9 heteroatoms. The van der Waals surface area contributed by atoms with Crippen molar-refractivity contribution in [1.29, 1.82) is 0 Å². The zero-order chi connectivity index (χ0) is 17.1. The standard InChI is InChI=1S/C15H16Cl2N4O3/c1-9-19-14(20-24-9)7-18-15(22)21-4-5-23-13(8-21)10-2-3-11(16)12(17)6-10/h2-3,6,13H,4-5,7-8H2,1H3,(H,18,22)/t13-/m1/s1. The number of amides is 2. The van der Waals surface area contributed by atoms with Crippen LogP contribution in [-0.4, -0.2) is 40.8 Å². The maximum absolute atomic E-state index is 12.3. The second kappa shape index (κ2) is 7.38. The lowest BCUT2D eigenvalue weighted by atomic mass is 10.1. The van der Waals surface area contributed by atoms with E-state index in [0.717, 1.165) is 5.56 Å². The minimum absolute atomic E-state index is 0.203. The molecule has 0 radical (unpaired) electrons. The molecule has 0 unspecified atom stereocenters. The monoisotopic (exact) mass is 370 g/mol. The molecule has 0 spiro atoms. The number of benzene rings is 1. The number of hydrogen-bond donors (Lipinski definition) is 1. The number of carbonyl (C=O) groups is 1. The van der Waals surface area contributed by atoms with Gasteiger partial charge in [-0.05, 0) is 17.7 Å². The van der Waals surface area contributed by atoms with Gasteiger partial charge in [0, 0.05) is 13.5 Å². The van der Waals surface area contributed by atoms with Crippen LogP contribution in [0.2, 0.25) is 10.0 Å². The van der Waals surface area contributed by atoms with Crippen molar-refractivity contribution in [3.63, 3.8) is 0 Å². The largest absolute Gasteiger partial charge is 0.370 e. The van der Waals surface area contributed by atoms with Gasteiger partial charge in [-0.1, -0.05) is 34.4 Å². The molecule has 1 aliphatic rings. The fraction of sp³-hybridized carbons (Fsp3) is 0.400. The SMILES string of the molecule is Cc1nc(CNC(=O)N2CCO[C@@H](c3ccc(Cl)c(Cl)c3)C2)no1. The molecule has 3 rings (SSSR count). The maximum atomic E-state index is 12.3. The fourth-order valence-corrected chi connectivity index (χ4v) is 2.73. The Hall–Kier alpha value is -1.83. The molecular formula is C15H16Cl2N4O3. The normalized spacial score (nSPS) is 17.8. The van der Waals surface area contributed by atoms with Gasteiger partial charge in [0.15, 0.2) is 5.82 Å². The quantitative estimate of drug-likeness (QED) is 0.897. The molecule has 1 aromatic carbocycles. The molecule has 24 heavy (non-hydrogen) atoms. The average molecular weight is 371 g/mol. The fourth-order valence-electron chi connectivity index (χ4n) is 2.43. The molecular weight excluding hydrogens is 355 g/mol. The molecule has 1 N–H and O–H groups in total. The minimum Gasteiger partial charge on any atom is -0.370 e. The van der Waals surface area contributed by atoms with E-state index < -0.39 is 0 Å². The number of ether oxygens (including phenoxy) is 1. The van der Waals surface area contributed by atoms with E-state index in [-0.39, 0.29) is 18.7 Å². The summed E-state index contributed by atoms with van der Waals surface area (Å²) >= 11 is 12.0. The third-order valence-corrected chi connectivity index (χ3v) is 4.38. The van der Waals surface area contributed by atoms with E-state index in [0.29, 0.717) is 41.5 Å². The number of nitrogens with zero attached hydrogens (tertiary/aromatic N) is 3. The molecule has 128 valence electrons. The van der Waals surface area contributed by atoms with Gasteiger partial charge >= 0.3 is 6.03 Å². The summed E-state index contributed by atoms with van der Waals surface area (Å²) in [6, 6.07) is 5.13. The number of carbonyl (C=O) groups excluding carboxylic acids is 1. The van der Waals surface area contributed by atoms with Gasteiger partial charge in [0.2, 0.25) is 5.89 Å². The first-order chi connectivity index (χ1) is 11.5. The van der Waals surface area contributed by atoms with Gasteiger partial charge in [0.25, 0.3) is 0 Å². The first kappa shape index (κ1) is 17.0. The second-order valence-electron chi connectivity index (χ2n) is 5.37. The van der Waals surface area contributed by atoms with E-state index in [1.165, 1.54) is 0 Å². The van der Waals surface area contributed by atoms with Crippen LogP contribution in [0.4, 0.5) is 4.79 Å². The van der Waals surface area contributed by atoms with Crippen LogP contribution in [-0.2, 0) is 11.3 Å². The summed E-state index contributed by atoms with van der Waals surface area (Å²) in [5.74, 6) is 0.903. The highest BCUT2D eigenvalue weighted by molar-refractivity contribution is 6.42. The van der Waals surface area contributed by atoms with Gasteiger partial charge in [-0.2, -0.15) is 4.98 Å². The van der Waals surface area contributed by atoms with Crippen LogP contribution in [0.3, 0.4) is 0 Å². The predicted molar refractivity (Wildman–Crippen MR) is 88.0 cm³/mol. The summed E-state index contributed by atoms with van der Waals surface area (Å²) < 4.78 is 10.6. The van der Waals surface area contributed by atoms with Gasteiger partial charge < -0.3 is 19.5 Å². The van der Waals surface area contributed by atoms with Gasteiger partial charge in [-0.15, -0.1) is 0 Å². The highest BCUT2D eigenvalue weighted by Crippen LogP contribution is 2.29. The van der Waals surface area contributed by atoms with Crippen molar-refractivity contribution in [3.05, 3.63) is 45.5 Å². The van der Waals surface area contributed by atoms with Crippen molar-refractivity contribution in [1.82, 2.24) is 20.4 Å². The zero-order valence-corrected chi connectivity index (χ0v) is 14.5. The third kappa shape index (κ3) is 3.98. The Morgan fingerprint density at radius 1 is 1.42 bits per heavy atom. The van der Waals surface area contributed by atoms with Crippen LogP contribution in [0.25, 0.3) is 0 Å². The van der Waals surface area contributed by atoms with Crippen molar-refractivity contribution >= 4 is 29.2 Å². The van der Waals surface area contributed by atoms with Crippen LogP contribution in [0.5, 0.6) is 0 Å². The van der Waals surface area contributed by atoms with Crippen LogP contribution in [0.15, 0.2) is 22.7 Å². The Balaban J connectivity index is 1.60. The Morgan fingerprint density at radius 2 is 2.25 bits per heavy atom. The van der Waals surface area contributed by atoms with E-state index >= 15 is 0 Å². The lowest BCUT2D eigenvalue weighted by Gasteiger charge is -2.33. The van der Waals surface area contributed by atoms with Crippen molar-refractivity contribution in [2.75, 3.05) is 19.7 Å². The third-order valence-electron chi connectivity index (χ3n) is 3.64. The summed E-state index contributed by atoms with van der Waals surface area (Å²) in [6.45, 7) is 3.29. The molecule has 2 aromatic rings. The average Bonchev–Trinajstić information content (AvgIpc) is 3.00. The molecule has 1 aliphatic heterocycles. The molecule has 0 aliphatic carbocycles. The zero-order valence-electron chi connectivity index (χ0n) is 13.0. The number of rotatable bonds is 3. The van der Waals surface area contributed by atoms with E-state index in [4.69, 9.17) is 32.5 Å². The predicted octanol–water partition coefficient (Wildman–Crippen LogP) is 2.97. The maximum Gasteiger partial charge on any atom is 0.317 e. The van der Waals surface area contributed by atoms with Crippen LogP contribution in [0.1, 0.15) is 23.4 Å². The summed E-state index contributed by atoms with van der Waals surface area (Å²) in [7, 11) is 0. The highest BCUT2D eigenvalue weighted by atomic mass is 35.5. The Kier molecular flexibility index (Phi) is 5.23. The number of halogens is 2. The molecule has 1 saturated heterocycles. The molecule has 7 nitrogen and oxygen atoms in total. The van der Waals surface area contributed by atoms with Gasteiger partial charge in [-0.25, -0.2) is 4.79 Å². The molecule has 1 fully saturated rings. The van der Waals surface area contributed by atoms with Gasteiger partial charge in [0.1, 0.15) is 6.10 Å². The number of aryl methyl sites for hydroxylation is 1. The Morgan fingerprint density at radius 3 is 2.96 bits per heavy atom. The Labute approximate surface area is 148 Å². The molecule has 1 atom stereocenters. The number of nitrogens with one attached hydrogen (secondary N) is 1. The second-order valence-corrected chi connectivity index (χ2v) is 6.18. The Bertz CT molecular complexity index is 737. The molecule has 2 amide bonds. The molecule has 0 bridgehead atoms. The van der Waals surface area contributed by atoms with Crippen LogP contribution >= 0.6 is 23.2 Å². The first-order valence-electron chi connectivity index (χ1n) is 7.41.